The third-order valence-electron chi connectivity index (χ3n) is 3.19. The van der Waals surface area contributed by atoms with Crippen LogP contribution in [0.5, 0.6) is 0 Å². The molecule has 1 aliphatic rings. The molecule has 0 saturated carbocycles. The van der Waals surface area contributed by atoms with E-state index in [0.717, 1.165) is 25.7 Å². The fraction of sp³-hybridized carbons (Fsp3) is 0.833. The summed E-state index contributed by atoms with van der Waals surface area (Å²) in [5.41, 5.74) is 0. The molecular weight excluding hydrogens is 238 g/mol. The molecule has 4 unspecified atom stereocenters. The van der Waals surface area contributed by atoms with E-state index in [2.05, 4.69) is 17.9 Å². The van der Waals surface area contributed by atoms with Gasteiger partial charge in [0.2, 0.25) is 5.91 Å². The second-order valence-corrected chi connectivity index (χ2v) is 5.71. The van der Waals surface area contributed by atoms with E-state index in [1.54, 1.807) is 0 Å². The zero-order chi connectivity index (χ0) is 13.0. The molecule has 0 aromatic heterocycles. The van der Waals surface area contributed by atoms with Crippen LogP contribution in [0.3, 0.4) is 0 Å². The van der Waals surface area contributed by atoms with Crippen LogP contribution in [0.2, 0.25) is 0 Å². The highest BCUT2D eigenvalue weighted by molar-refractivity contribution is 7.80. The molecule has 0 spiro atoms. The third kappa shape index (κ3) is 4.00. The molecule has 1 heterocycles. The third-order valence-corrected chi connectivity index (χ3v) is 3.45. The molecule has 5 heteroatoms. The first-order chi connectivity index (χ1) is 7.93. The van der Waals surface area contributed by atoms with Gasteiger partial charge in [0, 0.05) is 0 Å². The smallest absolute Gasteiger partial charge is 0.233 e. The molecule has 98 valence electrons. The van der Waals surface area contributed by atoms with Gasteiger partial charge in [0.15, 0.2) is 0 Å². The minimum Gasteiger partial charge on any atom is -0.390 e. The highest BCUT2D eigenvalue weighted by Crippen LogP contribution is 2.21. The summed E-state index contributed by atoms with van der Waals surface area (Å²) >= 11 is 4.29. The molecule has 0 aromatic carbocycles. The molecule has 1 amide bonds. The van der Waals surface area contributed by atoms with Gasteiger partial charge in [0.1, 0.15) is 11.7 Å². The topological polar surface area (TPSA) is 66.4 Å². The van der Waals surface area contributed by atoms with Crippen molar-refractivity contribution in [2.75, 3.05) is 0 Å². The van der Waals surface area contributed by atoms with Crippen molar-refractivity contribution in [3.63, 3.8) is 0 Å². The molecular formula is C12H21NO3S. The lowest BCUT2D eigenvalue weighted by atomic mass is 9.95. The lowest BCUT2D eigenvalue weighted by Crippen LogP contribution is -2.32. The summed E-state index contributed by atoms with van der Waals surface area (Å²) in [5.74, 6) is -1.47. The van der Waals surface area contributed by atoms with Gasteiger partial charge < -0.3 is 10.4 Å². The number of carbonyl (C=O) groups excluding carboxylic acids is 2. The lowest BCUT2D eigenvalue weighted by Gasteiger charge is -2.15. The molecule has 1 saturated heterocycles. The lowest BCUT2D eigenvalue weighted by molar-refractivity contribution is -0.132. The van der Waals surface area contributed by atoms with Crippen LogP contribution in [0.1, 0.15) is 39.5 Å². The predicted octanol–water partition coefficient (Wildman–Crippen LogP) is 0.930. The van der Waals surface area contributed by atoms with E-state index in [1.165, 1.54) is 6.92 Å². The predicted molar refractivity (Wildman–Crippen MR) is 69.0 cm³/mol. The number of thiol groups is 1. The molecule has 1 aliphatic heterocycles. The van der Waals surface area contributed by atoms with E-state index in [4.69, 9.17) is 0 Å². The van der Waals surface area contributed by atoms with Crippen LogP contribution in [0.15, 0.2) is 0 Å². The van der Waals surface area contributed by atoms with E-state index >= 15 is 0 Å². The maximum atomic E-state index is 11.5. The number of rotatable bonds is 6. The number of aliphatic hydroxyl groups excluding tert-OH is 1. The largest absolute Gasteiger partial charge is 0.390 e. The number of unbranched alkanes of at least 4 members (excludes halogenated alkanes) is 1. The Morgan fingerprint density at radius 2 is 2.18 bits per heavy atom. The first-order valence-electron chi connectivity index (χ1n) is 6.10. The fourth-order valence-electron chi connectivity index (χ4n) is 2.22. The van der Waals surface area contributed by atoms with Crippen LogP contribution < -0.4 is 5.32 Å². The molecule has 17 heavy (non-hydrogen) atoms. The summed E-state index contributed by atoms with van der Waals surface area (Å²) in [4.78, 5) is 22.7. The zero-order valence-electron chi connectivity index (χ0n) is 10.3. The fourth-order valence-corrected chi connectivity index (χ4v) is 2.40. The van der Waals surface area contributed by atoms with Gasteiger partial charge in [-0.25, -0.2) is 0 Å². The van der Waals surface area contributed by atoms with Gasteiger partial charge in [-0.05, 0) is 25.0 Å². The summed E-state index contributed by atoms with van der Waals surface area (Å²) in [7, 11) is 0. The standard InChI is InChI=1S/C12H21NO3S/c1-7(17)5-3-4-6-9-11(15)10(8(2)14)12(16)13-9/h7,9-11,15,17H,3-6H2,1-2H3,(H,13,16). The van der Waals surface area contributed by atoms with Crippen molar-refractivity contribution >= 4 is 24.3 Å². The van der Waals surface area contributed by atoms with Crippen molar-refractivity contribution in [3.05, 3.63) is 0 Å². The van der Waals surface area contributed by atoms with Crippen molar-refractivity contribution in [2.45, 2.75) is 56.9 Å². The Balaban J connectivity index is 2.36. The van der Waals surface area contributed by atoms with E-state index in [-0.39, 0.29) is 17.7 Å². The van der Waals surface area contributed by atoms with Gasteiger partial charge in [0.25, 0.3) is 0 Å². The summed E-state index contributed by atoms with van der Waals surface area (Å²) in [5, 5.41) is 13.0. The maximum Gasteiger partial charge on any atom is 0.233 e. The van der Waals surface area contributed by atoms with Crippen LogP contribution in [0, 0.1) is 5.92 Å². The van der Waals surface area contributed by atoms with Gasteiger partial charge in [-0.15, -0.1) is 0 Å². The minimum atomic E-state index is -0.871. The normalized spacial score (nSPS) is 30.1. The Bertz CT molecular complexity index is 293. The average molecular weight is 259 g/mol. The molecule has 2 N–H and O–H groups in total. The Kier molecular flexibility index (Phi) is 5.46. The van der Waals surface area contributed by atoms with E-state index in [9.17, 15) is 14.7 Å². The van der Waals surface area contributed by atoms with Crippen molar-refractivity contribution in [1.29, 1.82) is 0 Å². The van der Waals surface area contributed by atoms with Gasteiger partial charge in [-0.1, -0.05) is 19.8 Å². The number of nitrogens with one attached hydrogen (secondary N) is 1. The van der Waals surface area contributed by atoms with Crippen molar-refractivity contribution < 1.29 is 14.7 Å². The molecule has 1 fully saturated rings. The van der Waals surface area contributed by atoms with Crippen LogP contribution >= 0.6 is 12.6 Å². The summed E-state index contributed by atoms with van der Waals surface area (Å²) in [6, 6.07) is -0.272. The van der Waals surface area contributed by atoms with Crippen LogP contribution in [0.4, 0.5) is 0 Å². The number of amides is 1. The van der Waals surface area contributed by atoms with E-state index in [1.807, 2.05) is 6.92 Å². The van der Waals surface area contributed by atoms with Gasteiger partial charge in [0.05, 0.1) is 12.1 Å². The number of Topliss-reactive ketones (excluding diaryl/α,β-unsaturated/α-hetero) is 1. The molecule has 4 atom stereocenters. The van der Waals surface area contributed by atoms with Crippen molar-refractivity contribution in [1.82, 2.24) is 5.32 Å². The first-order valence-corrected chi connectivity index (χ1v) is 6.62. The number of aliphatic hydroxyl groups is 1. The summed E-state index contributed by atoms with van der Waals surface area (Å²) < 4.78 is 0. The Labute approximate surface area is 108 Å². The average Bonchev–Trinajstić information content (AvgIpc) is 2.48. The molecule has 0 aliphatic carbocycles. The number of hydrogen-bond donors (Lipinski definition) is 3. The van der Waals surface area contributed by atoms with Crippen LogP contribution in [0.25, 0.3) is 0 Å². The van der Waals surface area contributed by atoms with Crippen molar-refractivity contribution in [3.8, 4) is 0 Å². The molecule has 4 nitrogen and oxygen atoms in total. The number of hydrogen-bond acceptors (Lipinski definition) is 4. The second-order valence-electron chi connectivity index (χ2n) is 4.83. The molecule has 0 aromatic rings. The van der Waals surface area contributed by atoms with Crippen molar-refractivity contribution in [2.24, 2.45) is 5.92 Å². The Morgan fingerprint density at radius 3 is 2.65 bits per heavy atom. The SMILES string of the molecule is CC(=O)C1C(=O)NC(CCCCC(C)S)C1O. The monoisotopic (exact) mass is 259 g/mol. The van der Waals surface area contributed by atoms with E-state index < -0.39 is 12.0 Å². The highest BCUT2D eigenvalue weighted by Gasteiger charge is 2.43. The van der Waals surface area contributed by atoms with Gasteiger partial charge in [-0.3, -0.25) is 9.59 Å². The summed E-state index contributed by atoms with van der Waals surface area (Å²) in [6.07, 6.45) is 2.83. The number of ketones is 1. The van der Waals surface area contributed by atoms with Crippen LogP contribution in [-0.2, 0) is 9.59 Å². The molecule has 1 rings (SSSR count). The maximum absolute atomic E-state index is 11.5. The quantitative estimate of drug-likeness (QED) is 0.378. The minimum absolute atomic E-state index is 0.263. The first kappa shape index (κ1) is 14.5. The van der Waals surface area contributed by atoms with E-state index in [0.29, 0.717) is 5.25 Å². The zero-order valence-corrected chi connectivity index (χ0v) is 11.2. The Morgan fingerprint density at radius 1 is 1.53 bits per heavy atom. The highest BCUT2D eigenvalue weighted by atomic mass is 32.1. The van der Waals surface area contributed by atoms with Gasteiger partial charge >= 0.3 is 0 Å². The Hall–Kier alpha value is -0.550. The molecule has 0 radical (unpaired) electrons. The summed E-state index contributed by atoms with van der Waals surface area (Å²) in [6.45, 7) is 3.39. The molecule has 0 bridgehead atoms. The number of carbonyl (C=O) groups is 2. The van der Waals surface area contributed by atoms with Crippen LogP contribution in [-0.4, -0.2) is 34.2 Å². The second kappa shape index (κ2) is 6.40. The van der Waals surface area contributed by atoms with Gasteiger partial charge in [-0.2, -0.15) is 12.6 Å².